The van der Waals surface area contributed by atoms with Crippen molar-refractivity contribution in [3.8, 4) is 0 Å². The molecule has 0 aliphatic carbocycles. The normalized spacial score (nSPS) is 13.0. The minimum Gasteiger partial charge on any atom is -0.361 e. The Kier molecular flexibility index (Phi) is 3.68. The molecule has 3 aromatic rings. The van der Waals surface area contributed by atoms with E-state index < -0.39 is 0 Å². The van der Waals surface area contributed by atoms with Crippen molar-refractivity contribution in [2.24, 2.45) is 0 Å². The van der Waals surface area contributed by atoms with Crippen LogP contribution < -0.4 is 0 Å². The number of imidazole rings is 1. The molecule has 1 unspecified atom stereocenters. The number of hydrogen-bond donors (Lipinski definition) is 0. The molecule has 1 aromatic carbocycles. The van der Waals surface area contributed by atoms with Crippen LogP contribution in [0.2, 0.25) is 5.02 Å². The Hall–Kier alpha value is -1.52. The second-order valence-electron chi connectivity index (χ2n) is 5.05. The Balaban J connectivity index is 2.26. The van der Waals surface area contributed by atoms with Crippen LogP contribution in [0.1, 0.15) is 35.8 Å². The maximum Gasteiger partial charge on any atom is 0.139 e. The quantitative estimate of drug-likeness (QED) is 0.659. The first-order chi connectivity index (χ1) is 10.0. The lowest BCUT2D eigenvalue weighted by Crippen LogP contribution is -2.11. The van der Waals surface area contributed by atoms with Gasteiger partial charge in [0.2, 0.25) is 0 Å². The van der Waals surface area contributed by atoms with E-state index in [4.69, 9.17) is 27.7 Å². The van der Waals surface area contributed by atoms with E-state index in [1.165, 1.54) is 0 Å². The first kappa shape index (κ1) is 14.4. The van der Waals surface area contributed by atoms with Gasteiger partial charge in [-0.3, -0.25) is 0 Å². The Morgan fingerprint density at radius 3 is 2.71 bits per heavy atom. The fraction of sp³-hybridized carbons (Fsp3) is 0.333. The van der Waals surface area contributed by atoms with Gasteiger partial charge in [0.25, 0.3) is 0 Å². The maximum atomic E-state index is 6.24. The summed E-state index contributed by atoms with van der Waals surface area (Å²) in [7, 11) is 0. The molecule has 21 heavy (non-hydrogen) atoms. The van der Waals surface area contributed by atoms with Gasteiger partial charge in [-0.25, -0.2) is 4.98 Å². The third-order valence-corrected chi connectivity index (χ3v) is 4.30. The third kappa shape index (κ3) is 2.23. The van der Waals surface area contributed by atoms with Gasteiger partial charge in [0, 0.05) is 5.56 Å². The van der Waals surface area contributed by atoms with Crippen LogP contribution in [0, 0.1) is 13.8 Å². The second kappa shape index (κ2) is 5.35. The molecule has 0 bridgehead atoms. The average Bonchev–Trinajstić information content (AvgIpc) is 3.00. The highest BCUT2D eigenvalue weighted by Gasteiger charge is 2.23. The van der Waals surface area contributed by atoms with Crippen LogP contribution in [0.5, 0.6) is 0 Å². The molecule has 3 rings (SSSR count). The minimum atomic E-state index is 0.0217. The summed E-state index contributed by atoms with van der Waals surface area (Å²) in [6, 6.07) is 5.77. The zero-order valence-electron chi connectivity index (χ0n) is 12.0. The summed E-state index contributed by atoms with van der Waals surface area (Å²) >= 11 is 12.3. The van der Waals surface area contributed by atoms with Crippen molar-refractivity contribution in [1.29, 1.82) is 0 Å². The number of nitrogens with zero attached hydrogens (tertiary/aromatic N) is 3. The zero-order valence-corrected chi connectivity index (χ0v) is 13.5. The topological polar surface area (TPSA) is 43.9 Å². The summed E-state index contributed by atoms with van der Waals surface area (Å²) in [6.45, 7) is 5.94. The Labute approximate surface area is 132 Å². The highest BCUT2D eigenvalue weighted by molar-refractivity contribution is 6.35. The predicted molar refractivity (Wildman–Crippen MR) is 84.1 cm³/mol. The van der Waals surface area contributed by atoms with Crippen LogP contribution in [0.3, 0.4) is 0 Å². The molecule has 0 aliphatic heterocycles. The molecule has 6 heteroatoms. The van der Waals surface area contributed by atoms with Gasteiger partial charge in [0.15, 0.2) is 0 Å². The molecule has 4 nitrogen and oxygen atoms in total. The van der Waals surface area contributed by atoms with E-state index in [0.717, 1.165) is 33.9 Å². The lowest BCUT2D eigenvalue weighted by molar-refractivity contribution is 0.391. The molecule has 0 saturated heterocycles. The summed E-state index contributed by atoms with van der Waals surface area (Å²) in [5.41, 5.74) is 3.67. The number of rotatable bonds is 3. The van der Waals surface area contributed by atoms with E-state index in [1.807, 2.05) is 32.0 Å². The van der Waals surface area contributed by atoms with Crippen LogP contribution in [-0.4, -0.2) is 14.7 Å². The number of para-hydroxylation sites is 1. The summed E-state index contributed by atoms with van der Waals surface area (Å²) in [5, 5.41) is 4.66. The molecule has 0 saturated carbocycles. The van der Waals surface area contributed by atoms with Crippen molar-refractivity contribution in [1.82, 2.24) is 14.7 Å². The van der Waals surface area contributed by atoms with Crippen molar-refractivity contribution >= 4 is 34.2 Å². The van der Waals surface area contributed by atoms with Gasteiger partial charge < -0.3 is 9.09 Å². The van der Waals surface area contributed by atoms with Crippen LogP contribution in [0.15, 0.2) is 22.7 Å². The predicted octanol–water partition coefficient (Wildman–Crippen LogP) is 4.64. The minimum absolute atomic E-state index is 0.0217. The number of aryl methyl sites for hydroxylation is 2. The molecule has 0 radical (unpaired) electrons. The molecule has 2 heterocycles. The molecule has 0 N–H and O–H groups in total. The van der Waals surface area contributed by atoms with Crippen LogP contribution >= 0.6 is 23.2 Å². The average molecular weight is 324 g/mol. The number of benzene rings is 1. The molecule has 0 fully saturated rings. The van der Waals surface area contributed by atoms with E-state index in [2.05, 4.69) is 21.6 Å². The third-order valence-electron chi connectivity index (χ3n) is 3.76. The molecular formula is C15H15Cl2N3O. The van der Waals surface area contributed by atoms with Gasteiger partial charge in [-0.05, 0) is 32.9 Å². The first-order valence-corrected chi connectivity index (χ1v) is 7.60. The summed E-state index contributed by atoms with van der Waals surface area (Å²) in [5.74, 6) is 1.91. The standard InChI is InChI=1S/C15H15Cl2N3O/c1-8-14(10(3)21-19-8)9(2)20-12-6-4-5-11(17)15(12)18-13(20)7-16/h4-6,9H,7H2,1-3H3. The zero-order chi connectivity index (χ0) is 15.1. The molecule has 0 aliphatic rings. The van der Waals surface area contributed by atoms with Crippen LogP contribution in [0.25, 0.3) is 11.0 Å². The van der Waals surface area contributed by atoms with Gasteiger partial charge in [0.05, 0.1) is 28.2 Å². The SMILES string of the molecule is Cc1noc(C)c1C(C)n1c(CCl)nc2c(Cl)cccc21. The molecule has 0 spiro atoms. The van der Waals surface area contributed by atoms with Crippen LogP contribution in [-0.2, 0) is 5.88 Å². The maximum absolute atomic E-state index is 6.24. The van der Waals surface area contributed by atoms with Crippen molar-refractivity contribution < 1.29 is 4.52 Å². The molecular weight excluding hydrogens is 309 g/mol. The van der Waals surface area contributed by atoms with Gasteiger partial charge in [0.1, 0.15) is 17.1 Å². The van der Waals surface area contributed by atoms with E-state index in [9.17, 15) is 0 Å². The number of hydrogen-bond acceptors (Lipinski definition) is 3. The number of halogens is 2. The van der Waals surface area contributed by atoms with Crippen LogP contribution in [0.4, 0.5) is 0 Å². The number of alkyl halides is 1. The van der Waals surface area contributed by atoms with Gasteiger partial charge in [-0.2, -0.15) is 0 Å². The van der Waals surface area contributed by atoms with Crippen molar-refractivity contribution in [2.75, 3.05) is 0 Å². The summed E-state index contributed by atoms with van der Waals surface area (Å²) < 4.78 is 7.38. The lowest BCUT2D eigenvalue weighted by atomic mass is 10.1. The summed E-state index contributed by atoms with van der Waals surface area (Å²) in [6.07, 6.45) is 0. The fourth-order valence-electron chi connectivity index (χ4n) is 2.87. The summed E-state index contributed by atoms with van der Waals surface area (Å²) in [4.78, 5) is 4.57. The molecule has 110 valence electrons. The second-order valence-corrected chi connectivity index (χ2v) is 5.73. The van der Waals surface area contributed by atoms with E-state index in [1.54, 1.807) is 0 Å². The van der Waals surface area contributed by atoms with Crippen molar-refractivity contribution in [3.05, 3.63) is 46.1 Å². The fourth-order valence-corrected chi connectivity index (χ4v) is 3.27. The Morgan fingerprint density at radius 1 is 1.33 bits per heavy atom. The van der Waals surface area contributed by atoms with Gasteiger partial charge in [-0.1, -0.05) is 22.8 Å². The largest absolute Gasteiger partial charge is 0.361 e. The van der Waals surface area contributed by atoms with Crippen molar-refractivity contribution in [2.45, 2.75) is 32.7 Å². The van der Waals surface area contributed by atoms with E-state index in [-0.39, 0.29) is 6.04 Å². The first-order valence-electron chi connectivity index (χ1n) is 6.68. The number of fused-ring (bicyclic) bond motifs is 1. The van der Waals surface area contributed by atoms with E-state index >= 15 is 0 Å². The van der Waals surface area contributed by atoms with Gasteiger partial charge >= 0.3 is 0 Å². The van der Waals surface area contributed by atoms with Gasteiger partial charge in [-0.15, -0.1) is 11.6 Å². The molecule has 1 atom stereocenters. The lowest BCUT2D eigenvalue weighted by Gasteiger charge is -2.17. The van der Waals surface area contributed by atoms with E-state index in [0.29, 0.717) is 10.9 Å². The molecule has 2 aromatic heterocycles. The van der Waals surface area contributed by atoms with Crippen molar-refractivity contribution in [3.63, 3.8) is 0 Å². The number of aromatic nitrogens is 3. The monoisotopic (exact) mass is 323 g/mol. The Morgan fingerprint density at radius 2 is 2.10 bits per heavy atom. The highest BCUT2D eigenvalue weighted by Crippen LogP contribution is 2.32. The smallest absolute Gasteiger partial charge is 0.139 e. The Bertz CT molecular complexity index is 787. The molecule has 0 amide bonds. The highest BCUT2D eigenvalue weighted by atomic mass is 35.5.